The van der Waals surface area contributed by atoms with Crippen LogP contribution in [0.2, 0.25) is 10.0 Å². The van der Waals surface area contributed by atoms with E-state index in [9.17, 15) is 0 Å². The van der Waals surface area contributed by atoms with E-state index >= 15 is 0 Å². The molecule has 0 saturated heterocycles. The maximum Gasteiger partial charge on any atom is 0.0624 e. The fraction of sp³-hybridized carbons (Fsp3) is 0.667. The third kappa shape index (κ3) is 3.57. The minimum Gasteiger partial charge on any atom is -0.327 e. The van der Waals surface area contributed by atoms with Crippen LogP contribution in [0, 0.1) is 17.8 Å². The Morgan fingerprint density at radius 2 is 1.81 bits per heavy atom. The van der Waals surface area contributed by atoms with Crippen molar-refractivity contribution in [2.75, 3.05) is 0 Å². The van der Waals surface area contributed by atoms with Crippen molar-refractivity contribution in [2.45, 2.75) is 57.4 Å². The Balaban J connectivity index is 1.63. The smallest absolute Gasteiger partial charge is 0.0624 e. The molecule has 0 radical (unpaired) electrons. The van der Waals surface area contributed by atoms with Gasteiger partial charge in [-0.25, -0.2) is 0 Å². The fourth-order valence-corrected chi connectivity index (χ4v) is 4.82. The van der Waals surface area contributed by atoms with Crippen LogP contribution < -0.4 is 5.73 Å². The van der Waals surface area contributed by atoms with Crippen molar-refractivity contribution in [2.24, 2.45) is 23.5 Å². The van der Waals surface area contributed by atoms with Crippen LogP contribution in [0.15, 0.2) is 18.2 Å². The van der Waals surface area contributed by atoms with Gasteiger partial charge in [-0.1, -0.05) is 61.0 Å². The summed E-state index contributed by atoms with van der Waals surface area (Å²) in [6.45, 7) is 0. The largest absolute Gasteiger partial charge is 0.327 e. The summed E-state index contributed by atoms with van der Waals surface area (Å²) in [5.74, 6) is 2.56. The van der Waals surface area contributed by atoms with Crippen molar-refractivity contribution >= 4 is 23.2 Å². The molecule has 0 aromatic heterocycles. The number of nitrogens with two attached hydrogens (primary N) is 1. The highest BCUT2D eigenvalue weighted by atomic mass is 35.5. The molecule has 2 saturated carbocycles. The lowest BCUT2D eigenvalue weighted by Gasteiger charge is -2.41. The highest BCUT2D eigenvalue weighted by Crippen LogP contribution is 2.43. The molecule has 1 aromatic rings. The Kier molecular flexibility index (Phi) is 5.14. The minimum atomic E-state index is 0.212. The number of fused-ring (bicyclic) bond motifs is 1. The van der Waals surface area contributed by atoms with Crippen LogP contribution in [0.1, 0.15) is 50.5 Å². The second-order valence-electron chi connectivity index (χ2n) is 6.96. The highest BCUT2D eigenvalue weighted by Gasteiger charge is 2.34. The molecule has 116 valence electrons. The molecule has 21 heavy (non-hydrogen) atoms. The predicted octanol–water partition coefficient (Wildman–Crippen LogP) is 5.47. The molecule has 1 nitrogen and oxygen atoms in total. The van der Waals surface area contributed by atoms with Crippen LogP contribution >= 0.6 is 23.2 Å². The maximum absolute atomic E-state index is 6.52. The van der Waals surface area contributed by atoms with Crippen molar-refractivity contribution in [3.8, 4) is 0 Å². The maximum atomic E-state index is 6.52. The first-order valence-electron chi connectivity index (χ1n) is 8.33. The first-order valence-corrected chi connectivity index (χ1v) is 9.09. The third-order valence-electron chi connectivity index (χ3n) is 5.67. The van der Waals surface area contributed by atoms with E-state index in [1.165, 1.54) is 44.9 Å². The molecule has 4 unspecified atom stereocenters. The molecule has 3 rings (SSSR count). The quantitative estimate of drug-likeness (QED) is 0.783. The molecule has 0 amide bonds. The molecule has 2 aliphatic carbocycles. The molecule has 2 aliphatic rings. The summed E-state index contributed by atoms with van der Waals surface area (Å²) in [5, 5.41) is 1.32. The molecule has 1 aromatic carbocycles. The van der Waals surface area contributed by atoms with Gasteiger partial charge in [-0.3, -0.25) is 0 Å². The van der Waals surface area contributed by atoms with Gasteiger partial charge in [-0.2, -0.15) is 0 Å². The number of benzene rings is 1. The van der Waals surface area contributed by atoms with E-state index in [0.717, 1.165) is 23.8 Å². The minimum absolute atomic E-state index is 0.212. The van der Waals surface area contributed by atoms with E-state index in [-0.39, 0.29) is 6.04 Å². The van der Waals surface area contributed by atoms with Gasteiger partial charge < -0.3 is 5.73 Å². The van der Waals surface area contributed by atoms with Crippen LogP contribution in [0.3, 0.4) is 0 Å². The lowest BCUT2D eigenvalue weighted by molar-refractivity contribution is 0.117. The zero-order valence-corrected chi connectivity index (χ0v) is 14.0. The van der Waals surface area contributed by atoms with Gasteiger partial charge in [0.1, 0.15) is 0 Å². The van der Waals surface area contributed by atoms with Gasteiger partial charge in [-0.05, 0) is 55.1 Å². The average molecular weight is 326 g/mol. The van der Waals surface area contributed by atoms with Crippen LogP contribution in [-0.4, -0.2) is 6.04 Å². The standard InChI is InChI=1S/C18H25Cl2N/c19-16-7-3-6-15(18(16)20)11-17(21)14-9-8-12-4-1-2-5-13(12)10-14/h3,6-7,12-14,17H,1-2,4-5,8-11,21H2. The summed E-state index contributed by atoms with van der Waals surface area (Å²) in [7, 11) is 0. The third-order valence-corrected chi connectivity index (χ3v) is 6.53. The van der Waals surface area contributed by atoms with E-state index in [1.807, 2.05) is 12.1 Å². The van der Waals surface area contributed by atoms with E-state index in [0.29, 0.717) is 16.0 Å². The second-order valence-corrected chi connectivity index (χ2v) is 7.74. The molecule has 2 N–H and O–H groups in total. The summed E-state index contributed by atoms with van der Waals surface area (Å²) in [5.41, 5.74) is 7.62. The van der Waals surface area contributed by atoms with Crippen molar-refractivity contribution in [3.05, 3.63) is 33.8 Å². The molecule has 0 bridgehead atoms. The molecule has 0 spiro atoms. The highest BCUT2D eigenvalue weighted by molar-refractivity contribution is 6.42. The molecular formula is C18H25Cl2N. The van der Waals surface area contributed by atoms with Crippen molar-refractivity contribution in [3.63, 3.8) is 0 Å². The fourth-order valence-electron chi connectivity index (χ4n) is 4.43. The summed E-state index contributed by atoms with van der Waals surface area (Å²) in [4.78, 5) is 0. The number of rotatable bonds is 3. The van der Waals surface area contributed by atoms with Gasteiger partial charge in [0, 0.05) is 6.04 Å². The second kappa shape index (κ2) is 6.89. The SMILES string of the molecule is NC(Cc1cccc(Cl)c1Cl)C1CCC2CCCCC2C1. The van der Waals surface area contributed by atoms with Crippen LogP contribution in [0.5, 0.6) is 0 Å². The normalized spacial score (nSPS) is 30.7. The zero-order chi connectivity index (χ0) is 14.8. The Bertz CT molecular complexity index is 488. The van der Waals surface area contributed by atoms with E-state index in [2.05, 4.69) is 6.07 Å². The molecule has 2 fully saturated rings. The lowest BCUT2D eigenvalue weighted by Crippen LogP contribution is -2.38. The topological polar surface area (TPSA) is 26.0 Å². The molecule has 3 heteroatoms. The van der Waals surface area contributed by atoms with Crippen LogP contribution in [0.4, 0.5) is 0 Å². The zero-order valence-electron chi connectivity index (χ0n) is 12.5. The van der Waals surface area contributed by atoms with E-state index < -0.39 is 0 Å². The van der Waals surface area contributed by atoms with E-state index in [4.69, 9.17) is 28.9 Å². The molecule has 0 heterocycles. The van der Waals surface area contributed by atoms with Gasteiger partial charge in [0.2, 0.25) is 0 Å². The van der Waals surface area contributed by atoms with Gasteiger partial charge >= 0.3 is 0 Å². The van der Waals surface area contributed by atoms with Gasteiger partial charge in [-0.15, -0.1) is 0 Å². The Hall–Kier alpha value is -0.240. The summed E-state index contributed by atoms with van der Waals surface area (Å²) < 4.78 is 0. The Morgan fingerprint density at radius 1 is 1.05 bits per heavy atom. The van der Waals surface area contributed by atoms with Crippen molar-refractivity contribution in [1.82, 2.24) is 0 Å². The molecule has 0 aliphatic heterocycles. The number of halogens is 2. The van der Waals surface area contributed by atoms with Gasteiger partial charge in [0.25, 0.3) is 0 Å². The Labute approximate surface area is 138 Å². The molecule has 4 atom stereocenters. The van der Waals surface area contributed by atoms with Crippen molar-refractivity contribution in [1.29, 1.82) is 0 Å². The summed E-state index contributed by atoms with van der Waals surface area (Å²) in [6, 6.07) is 6.07. The number of hydrogen-bond acceptors (Lipinski definition) is 1. The lowest BCUT2D eigenvalue weighted by atomic mass is 9.66. The van der Waals surface area contributed by atoms with Crippen molar-refractivity contribution < 1.29 is 0 Å². The van der Waals surface area contributed by atoms with Crippen LogP contribution in [-0.2, 0) is 6.42 Å². The van der Waals surface area contributed by atoms with Gasteiger partial charge in [0.05, 0.1) is 10.0 Å². The van der Waals surface area contributed by atoms with Gasteiger partial charge in [0.15, 0.2) is 0 Å². The summed E-state index contributed by atoms with van der Waals surface area (Å²) >= 11 is 12.4. The molecular weight excluding hydrogens is 301 g/mol. The Morgan fingerprint density at radius 3 is 2.62 bits per heavy atom. The average Bonchev–Trinajstić information content (AvgIpc) is 2.51. The predicted molar refractivity (Wildman–Crippen MR) is 90.9 cm³/mol. The van der Waals surface area contributed by atoms with E-state index in [1.54, 1.807) is 0 Å². The summed E-state index contributed by atoms with van der Waals surface area (Å²) in [6.07, 6.45) is 10.6. The number of hydrogen-bond donors (Lipinski definition) is 1. The van der Waals surface area contributed by atoms with Crippen LogP contribution in [0.25, 0.3) is 0 Å². The first kappa shape index (κ1) is 15.6. The first-order chi connectivity index (χ1) is 10.1. The monoisotopic (exact) mass is 325 g/mol.